The standard InChI is InChI=1S/C13H16N2OS2/c1-3-14-12(16)8-9(2)17-13-15-10-6-4-5-7-11(10)18-13/h4-7,9H,3,8H2,1-2H3,(H,14,16). The molecule has 1 unspecified atom stereocenters. The van der Waals surface area contributed by atoms with Crippen molar-refractivity contribution in [2.75, 3.05) is 6.54 Å². The van der Waals surface area contributed by atoms with Gasteiger partial charge in [0.2, 0.25) is 5.91 Å². The lowest BCUT2D eigenvalue weighted by Crippen LogP contribution is -2.25. The number of aromatic nitrogens is 1. The van der Waals surface area contributed by atoms with Crippen molar-refractivity contribution in [2.24, 2.45) is 0 Å². The van der Waals surface area contributed by atoms with Crippen molar-refractivity contribution in [2.45, 2.75) is 29.9 Å². The van der Waals surface area contributed by atoms with Crippen LogP contribution in [0.1, 0.15) is 20.3 Å². The molecule has 0 aliphatic rings. The lowest BCUT2D eigenvalue weighted by Gasteiger charge is -2.08. The van der Waals surface area contributed by atoms with E-state index in [0.717, 1.165) is 9.86 Å². The van der Waals surface area contributed by atoms with E-state index < -0.39 is 0 Å². The average molecular weight is 280 g/mol. The smallest absolute Gasteiger partial charge is 0.221 e. The highest BCUT2D eigenvalue weighted by molar-refractivity contribution is 8.01. The molecule has 0 aliphatic carbocycles. The highest BCUT2D eigenvalue weighted by atomic mass is 32.2. The molecule has 2 aromatic rings. The summed E-state index contributed by atoms with van der Waals surface area (Å²) in [6, 6.07) is 8.11. The van der Waals surface area contributed by atoms with Gasteiger partial charge in [0.25, 0.3) is 0 Å². The van der Waals surface area contributed by atoms with Gasteiger partial charge in [0.15, 0.2) is 4.34 Å². The largest absolute Gasteiger partial charge is 0.356 e. The maximum Gasteiger partial charge on any atom is 0.221 e. The highest BCUT2D eigenvalue weighted by Gasteiger charge is 2.12. The zero-order chi connectivity index (χ0) is 13.0. The van der Waals surface area contributed by atoms with Gasteiger partial charge >= 0.3 is 0 Å². The van der Waals surface area contributed by atoms with Gasteiger partial charge in [-0.3, -0.25) is 4.79 Å². The minimum Gasteiger partial charge on any atom is -0.356 e. The minimum absolute atomic E-state index is 0.110. The molecule has 2 rings (SSSR count). The molecule has 0 spiro atoms. The quantitative estimate of drug-likeness (QED) is 0.854. The summed E-state index contributed by atoms with van der Waals surface area (Å²) in [6.45, 7) is 4.69. The number of carbonyl (C=O) groups excluding carboxylic acids is 1. The number of para-hydroxylation sites is 1. The third-order valence-corrected chi connectivity index (χ3v) is 4.65. The zero-order valence-electron chi connectivity index (χ0n) is 10.5. The number of fused-ring (bicyclic) bond motifs is 1. The van der Waals surface area contributed by atoms with Crippen LogP contribution in [0, 0.1) is 0 Å². The predicted octanol–water partition coefficient (Wildman–Crippen LogP) is 3.30. The molecule has 18 heavy (non-hydrogen) atoms. The van der Waals surface area contributed by atoms with E-state index in [4.69, 9.17) is 0 Å². The van der Waals surface area contributed by atoms with E-state index in [0.29, 0.717) is 13.0 Å². The van der Waals surface area contributed by atoms with Gasteiger partial charge in [0, 0.05) is 18.2 Å². The van der Waals surface area contributed by atoms with Crippen LogP contribution in [0.5, 0.6) is 0 Å². The molecule has 0 saturated carbocycles. The summed E-state index contributed by atoms with van der Waals surface area (Å²) in [4.78, 5) is 16.0. The summed E-state index contributed by atoms with van der Waals surface area (Å²) in [5.74, 6) is 0.110. The second kappa shape index (κ2) is 6.20. The van der Waals surface area contributed by atoms with Crippen LogP contribution in [0.15, 0.2) is 28.6 Å². The average Bonchev–Trinajstić information content (AvgIpc) is 2.70. The van der Waals surface area contributed by atoms with Gasteiger partial charge < -0.3 is 5.32 Å². The first-order valence-electron chi connectivity index (χ1n) is 5.98. The molecule has 1 amide bonds. The van der Waals surface area contributed by atoms with Gasteiger partial charge in [-0.05, 0) is 19.1 Å². The van der Waals surface area contributed by atoms with E-state index in [-0.39, 0.29) is 11.2 Å². The summed E-state index contributed by atoms with van der Waals surface area (Å²) < 4.78 is 2.23. The van der Waals surface area contributed by atoms with Crippen molar-refractivity contribution < 1.29 is 4.79 Å². The molecule has 5 heteroatoms. The fourth-order valence-electron chi connectivity index (χ4n) is 1.65. The van der Waals surface area contributed by atoms with E-state index in [1.807, 2.05) is 25.1 Å². The van der Waals surface area contributed by atoms with Crippen LogP contribution in [-0.2, 0) is 4.79 Å². The van der Waals surface area contributed by atoms with Crippen molar-refractivity contribution in [1.29, 1.82) is 0 Å². The highest BCUT2D eigenvalue weighted by Crippen LogP contribution is 2.32. The van der Waals surface area contributed by atoms with Gasteiger partial charge in [0.05, 0.1) is 10.2 Å². The van der Waals surface area contributed by atoms with Crippen LogP contribution in [0.3, 0.4) is 0 Å². The summed E-state index contributed by atoms with van der Waals surface area (Å²) in [7, 11) is 0. The first-order chi connectivity index (χ1) is 8.69. The van der Waals surface area contributed by atoms with Crippen LogP contribution >= 0.6 is 23.1 Å². The Bertz CT molecular complexity index is 506. The molecular weight excluding hydrogens is 264 g/mol. The van der Waals surface area contributed by atoms with Crippen molar-refractivity contribution in [3.05, 3.63) is 24.3 Å². The third kappa shape index (κ3) is 3.46. The summed E-state index contributed by atoms with van der Waals surface area (Å²) in [6.07, 6.45) is 0.536. The second-order valence-corrected chi connectivity index (χ2v) is 6.75. The first kappa shape index (κ1) is 13.4. The van der Waals surface area contributed by atoms with Crippen molar-refractivity contribution in [1.82, 2.24) is 10.3 Å². The molecule has 1 aromatic carbocycles. The molecule has 1 N–H and O–H groups in total. The number of amides is 1. The number of thioether (sulfide) groups is 1. The summed E-state index contributed by atoms with van der Waals surface area (Å²) in [5.41, 5.74) is 1.04. The Morgan fingerprint density at radius 3 is 3.00 bits per heavy atom. The van der Waals surface area contributed by atoms with E-state index in [1.54, 1.807) is 23.1 Å². The second-order valence-electron chi connectivity index (χ2n) is 4.03. The number of hydrogen-bond acceptors (Lipinski definition) is 4. The maximum absolute atomic E-state index is 11.5. The van der Waals surface area contributed by atoms with Gasteiger partial charge in [-0.2, -0.15) is 0 Å². The van der Waals surface area contributed by atoms with Crippen LogP contribution in [0.4, 0.5) is 0 Å². The number of carbonyl (C=O) groups is 1. The van der Waals surface area contributed by atoms with E-state index in [1.165, 1.54) is 4.70 Å². The molecule has 0 saturated heterocycles. The van der Waals surface area contributed by atoms with E-state index >= 15 is 0 Å². The molecule has 1 heterocycles. The fourth-order valence-corrected chi connectivity index (χ4v) is 4.03. The molecular formula is C13H16N2OS2. The Morgan fingerprint density at radius 2 is 2.28 bits per heavy atom. The van der Waals surface area contributed by atoms with Crippen LogP contribution in [-0.4, -0.2) is 22.7 Å². The number of hydrogen-bond donors (Lipinski definition) is 1. The molecule has 1 aromatic heterocycles. The minimum atomic E-state index is 0.110. The fraction of sp³-hybridized carbons (Fsp3) is 0.385. The predicted molar refractivity (Wildman–Crippen MR) is 78.2 cm³/mol. The Hall–Kier alpha value is -1.07. The Labute approximate surface area is 115 Å². The molecule has 0 radical (unpaired) electrons. The van der Waals surface area contributed by atoms with Gasteiger partial charge in [-0.25, -0.2) is 4.98 Å². The molecule has 0 bridgehead atoms. The van der Waals surface area contributed by atoms with E-state index in [9.17, 15) is 4.79 Å². The number of thiazole rings is 1. The summed E-state index contributed by atoms with van der Waals surface area (Å²) in [5, 5.41) is 3.07. The molecule has 0 aliphatic heterocycles. The lowest BCUT2D eigenvalue weighted by atomic mass is 10.3. The zero-order valence-corrected chi connectivity index (χ0v) is 12.1. The molecule has 96 valence electrons. The van der Waals surface area contributed by atoms with Crippen LogP contribution in [0.2, 0.25) is 0 Å². The van der Waals surface area contributed by atoms with Crippen LogP contribution in [0.25, 0.3) is 10.2 Å². The Kier molecular flexibility index (Phi) is 4.60. The maximum atomic E-state index is 11.5. The normalized spacial score (nSPS) is 12.6. The van der Waals surface area contributed by atoms with Gasteiger partial charge in [-0.1, -0.05) is 30.8 Å². The number of nitrogens with one attached hydrogen (secondary N) is 1. The van der Waals surface area contributed by atoms with Gasteiger partial charge in [-0.15, -0.1) is 11.3 Å². The Balaban J connectivity index is 1.98. The number of benzene rings is 1. The summed E-state index contributed by atoms with van der Waals surface area (Å²) >= 11 is 3.36. The third-order valence-electron chi connectivity index (χ3n) is 2.42. The van der Waals surface area contributed by atoms with Crippen LogP contribution < -0.4 is 5.32 Å². The molecule has 1 atom stereocenters. The first-order valence-corrected chi connectivity index (χ1v) is 7.67. The monoisotopic (exact) mass is 280 g/mol. The van der Waals surface area contributed by atoms with E-state index in [2.05, 4.69) is 23.3 Å². The van der Waals surface area contributed by atoms with Crippen molar-refractivity contribution >= 4 is 39.2 Å². The van der Waals surface area contributed by atoms with Gasteiger partial charge in [0.1, 0.15) is 0 Å². The molecule has 3 nitrogen and oxygen atoms in total. The van der Waals surface area contributed by atoms with Crippen molar-refractivity contribution in [3.8, 4) is 0 Å². The Morgan fingerprint density at radius 1 is 1.50 bits per heavy atom. The number of nitrogens with zero attached hydrogens (tertiary/aromatic N) is 1. The SMILES string of the molecule is CCNC(=O)CC(C)Sc1nc2ccccc2s1. The number of rotatable bonds is 5. The van der Waals surface area contributed by atoms with Crippen molar-refractivity contribution in [3.63, 3.8) is 0 Å². The molecule has 0 fully saturated rings. The lowest BCUT2D eigenvalue weighted by molar-refractivity contribution is -0.120. The topological polar surface area (TPSA) is 42.0 Å².